The highest BCUT2D eigenvalue weighted by molar-refractivity contribution is 7.57. The Labute approximate surface area is 266 Å². The Morgan fingerprint density at radius 2 is 1.80 bits per heavy atom. The highest BCUT2D eigenvalue weighted by atomic mass is 31.2. The van der Waals surface area contributed by atoms with Gasteiger partial charge in [0.05, 0.1) is 23.9 Å². The monoisotopic (exact) mass is 650 g/mol. The van der Waals surface area contributed by atoms with E-state index in [0.29, 0.717) is 24.0 Å². The number of phenolic OH excluding ortho intramolecular Hbond substituents is 1. The number of ether oxygens (including phenoxy) is 1. The predicted molar refractivity (Wildman–Crippen MR) is 171 cm³/mol. The molecule has 0 bridgehead atoms. The van der Waals surface area contributed by atoms with Crippen molar-refractivity contribution in [1.82, 2.24) is 20.7 Å². The number of para-hydroxylation sites is 1. The molecule has 11 nitrogen and oxygen atoms in total. The van der Waals surface area contributed by atoms with Crippen LogP contribution in [-0.2, 0) is 27.2 Å². The molecule has 2 atom stereocenters. The molecule has 13 heteroatoms. The van der Waals surface area contributed by atoms with Gasteiger partial charge in [0.2, 0.25) is 0 Å². The van der Waals surface area contributed by atoms with E-state index in [-0.39, 0.29) is 66.1 Å². The molecule has 46 heavy (non-hydrogen) atoms. The van der Waals surface area contributed by atoms with Gasteiger partial charge in [0.25, 0.3) is 5.91 Å². The van der Waals surface area contributed by atoms with Gasteiger partial charge in [-0.3, -0.25) is 23.9 Å². The van der Waals surface area contributed by atoms with Crippen LogP contribution in [0.25, 0.3) is 10.9 Å². The van der Waals surface area contributed by atoms with Gasteiger partial charge < -0.3 is 25.0 Å². The van der Waals surface area contributed by atoms with Crippen molar-refractivity contribution in [2.45, 2.75) is 39.4 Å². The van der Waals surface area contributed by atoms with Gasteiger partial charge in [-0.1, -0.05) is 36.4 Å². The molecule has 1 heterocycles. The maximum Gasteiger partial charge on any atom is 0.323 e. The number of hydrogen-bond acceptors (Lipinski definition) is 9. The lowest BCUT2D eigenvalue weighted by Crippen LogP contribution is -2.35. The second-order valence-corrected chi connectivity index (χ2v) is 12.6. The summed E-state index contributed by atoms with van der Waals surface area (Å²) < 4.78 is 38.0. The van der Waals surface area contributed by atoms with Crippen LogP contribution in [0.1, 0.15) is 52.1 Å². The molecule has 242 valence electrons. The zero-order valence-electron chi connectivity index (χ0n) is 25.5. The summed E-state index contributed by atoms with van der Waals surface area (Å²) >= 11 is 0. The second kappa shape index (κ2) is 16.1. The molecule has 0 aliphatic rings. The van der Waals surface area contributed by atoms with Crippen LogP contribution >= 0.6 is 7.52 Å². The van der Waals surface area contributed by atoms with Gasteiger partial charge in [0.1, 0.15) is 23.1 Å². The van der Waals surface area contributed by atoms with E-state index >= 15 is 0 Å². The number of carbonyl (C=O) groups excluding carboxylic acids is 3. The Balaban J connectivity index is 1.52. The third kappa shape index (κ3) is 8.75. The normalized spacial score (nSPS) is 13.0. The summed E-state index contributed by atoms with van der Waals surface area (Å²) in [5.74, 6) is -1.48. The predicted octanol–water partition coefficient (Wildman–Crippen LogP) is 5.12. The molecular weight excluding hydrogens is 614 g/mol. The minimum atomic E-state index is -3.65. The molecule has 4 aromatic rings. The van der Waals surface area contributed by atoms with Crippen LogP contribution < -0.4 is 20.2 Å². The second-order valence-electron chi connectivity index (χ2n) is 10.4. The van der Waals surface area contributed by atoms with Crippen LogP contribution in [0.5, 0.6) is 11.5 Å². The Morgan fingerprint density at radius 3 is 2.50 bits per heavy atom. The van der Waals surface area contributed by atoms with Crippen molar-refractivity contribution in [2.24, 2.45) is 0 Å². The van der Waals surface area contributed by atoms with Crippen molar-refractivity contribution in [3.63, 3.8) is 0 Å². The first kappa shape index (κ1) is 34.2. The van der Waals surface area contributed by atoms with E-state index in [0.717, 1.165) is 5.56 Å². The van der Waals surface area contributed by atoms with E-state index in [9.17, 15) is 28.4 Å². The van der Waals surface area contributed by atoms with Crippen LogP contribution in [0.3, 0.4) is 0 Å². The number of rotatable bonds is 16. The topological polar surface area (TPSA) is 156 Å². The number of hydrogen-bond donors (Lipinski definition) is 4. The Hall–Kier alpha value is -4.64. The maximum atomic E-state index is 13.9. The van der Waals surface area contributed by atoms with Gasteiger partial charge in [-0.25, -0.2) is 9.48 Å². The molecule has 4 rings (SSSR count). The number of carbonyl (C=O) groups is 3. The lowest BCUT2D eigenvalue weighted by Gasteiger charge is -2.23. The molecule has 0 aliphatic heterocycles. The Bertz CT molecular complexity index is 1720. The highest BCUT2D eigenvalue weighted by Crippen LogP contribution is 2.44. The molecule has 4 N–H and O–H groups in total. The number of amides is 1. The number of aromatic nitrogens is 1. The smallest absolute Gasteiger partial charge is 0.323 e. The molecule has 3 aromatic carbocycles. The minimum absolute atomic E-state index is 0.0301. The van der Waals surface area contributed by atoms with Crippen LogP contribution in [0, 0.1) is 5.82 Å². The number of nitrogens with one attached hydrogen (secondary N) is 3. The number of phenols is 1. The number of esters is 1. The maximum absolute atomic E-state index is 13.9. The zero-order valence-corrected chi connectivity index (χ0v) is 26.4. The molecule has 1 amide bonds. The number of aldehydes is 1. The van der Waals surface area contributed by atoms with Gasteiger partial charge in [-0.05, 0) is 61.7 Å². The van der Waals surface area contributed by atoms with Crippen molar-refractivity contribution in [2.75, 3.05) is 19.3 Å². The largest absolute Gasteiger partial charge is 0.505 e. The third-order valence-electron chi connectivity index (χ3n) is 7.01. The molecule has 0 saturated heterocycles. The van der Waals surface area contributed by atoms with Crippen molar-refractivity contribution in [1.29, 1.82) is 0 Å². The summed E-state index contributed by atoms with van der Waals surface area (Å²) in [6.07, 6.45) is 2.09. The summed E-state index contributed by atoms with van der Waals surface area (Å²) in [4.78, 5) is 42.3. The van der Waals surface area contributed by atoms with Crippen LogP contribution in [0.4, 0.5) is 4.39 Å². The fraction of sp³-hybridized carbons (Fsp3) is 0.273. The van der Waals surface area contributed by atoms with Crippen molar-refractivity contribution in [3.8, 4) is 11.5 Å². The third-order valence-corrected chi connectivity index (χ3v) is 9.21. The molecule has 1 aromatic heterocycles. The SMILES string of the molecule is CCOC(=O)[C@H](C)NP(=O)(CCCNC(=O)c1c(CNCc2ccc(F)cc2)c(C=O)c(O)c2ncccc12)Oc1ccccc1. The fourth-order valence-electron chi connectivity index (χ4n) is 4.85. The summed E-state index contributed by atoms with van der Waals surface area (Å²) in [5, 5.41) is 20.0. The van der Waals surface area contributed by atoms with E-state index in [1.807, 2.05) is 0 Å². The summed E-state index contributed by atoms with van der Waals surface area (Å²) in [6.45, 7) is 3.77. The molecular formula is C33H36FN4O7P. The number of fused-ring (bicyclic) bond motifs is 1. The van der Waals surface area contributed by atoms with Crippen molar-refractivity contribution >= 4 is 36.6 Å². The van der Waals surface area contributed by atoms with E-state index < -0.39 is 25.4 Å². The van der Waals surface area contributed by atoms with Gasteiger partial charge in [-0.15, -0.1) is 0 Å². The Kier molecular flexibility index (Phi) is 12.0. The summed E-state index contributed by atoms with van der Waals surface area (Å²) in [6, 6.07) is 16.7. The van der Waals surface area contributed by atoms with Gasteiger partial charge in [0, 0.05) is 31.2 Å². The van der Waals surface area contributed by atoms with E-state index in [1.165, 1.54) is 25.3 Å². The molecule has 0 saturated carbocycles. The van der Waals surface area contributed by atoms with Crippen LogP contribution in [0.15, 0.2) is 72.9 Å². The first-order valence-electron chi connectivity index (χ1n) is 14.7. The van der Waals surface area contributed by atoms with Crippen LogP contribution in [-0.4, -0.2) is 53.6 Å². The zero-order chi connectivity index (χ0) is 33.1. The number of nitrogens with zero attached hydrogens (tertiary/aromatic N) is 1. The molecule has 0 spiro atoms. The first-order valence-corrected chi connectivity index (χ1v) is 16.6. The van der Waals surface area contributed by atoms with Crippen molar-refractivity contribution in [3.05, 3.63) is 101 Å². The number of pyridine rings is 1. The molecule has 0 radical (unpaired) electrons. The fourth-order valence-corrected chi connectivity index (χ4v) is 6.85. The number of benzene rings is 3. The van der Waals surface area contributed by atoms with Gasteiger partial charge in [0.15, 0.2) is 12.0 Å². The molecule has 0 fully saturated rings. The van der Waals surface area contributed by atoms with E-state index in [1.54, 1.807) is 61.5 Å². The number of aromatic hydroxyl groups is 1. The molecule has 1 unspecified atom stereocenters. The lowest BCUT2D eigenvalue weighted by molar-refractivity contribution is -0.144. The Morgan fingerprint density at radius 1 is 1.07 bits per heavy atom. The summed E-state index contributed by atoms with van der Waals surface area (Å²) in [7, 11) is -3.65. The van der Waals surface area contributed by atoms with Crippen LogP contribution in [0.2, 0.25) is 0 Å². The average Bonchev–Trinajstić information content (AvgIpc) is 3.05. The lowest BCUT2D eigenvalue weighted by atomic mass is 9.94. The minimum Gasteiger partial charge on any atom is -0.505 e. The van der Waals surface area contributed by atoms with Gasteiger partial charge in [-0.2, -0.15) is 0 Å². The first-order chi connectivity index (χ1) is 22.2. The molecule has 0 aliphatic carbocycles. The van der Waals surface area contributed by atoms with E-state index in [4.69, 9.17) is 9.26 Å². The van der Waals surface area contributed by atoms with Crippen molar-refractivity contribution < 1.29 is 37.7 Å². The van der Waals surface area contributed by atoms with E-state index in [2.05, 4.69) is 20.7 Å². The highest BCUT2D eigenvalue weighted by Gasteiger charge is 2.30. The summed E-state index contributed by atoms with van der Waals surface area (Å²) in [5.41, 5.74) is 1.19. The number of halogens is 1. The standard InChI is InChI=1S/C33H36FN4O7P/c1-3-44-33(42)22(2)38-46(43,45-25-9-5-4-6-10-25)18-8-17-37-32(41)29-26-11-7-16-36-30(26)31(40)28(21-39)27(29)20-35-19-23-12-14-24(34)15-13-23/h4-7,9-16,21-22,35,40H,3,8,17-20H2,1-2H3,(H,37,41)(H,38,43)/t22-,46?/m0/s1. The van der Waals surface area contributed by atoms with Gasteiger partial charge >= 0.3 is 13.5 Å². The average molecular weight is 651 g/mol. The quantitative estimate of drug-likeness (QED) is 0.0556.